The number of hydrogen-bond acceptors (Lipinski definition) is 4. The summed E-state index contributed by atoms with van der Waals surface area (Å²) < 4.78 is 29.8. The summed E-state index contributed by atoms with van der Waals surface area (Å²) in [4.78, 5) is 25.0. The van der Waals surface area contributed by atoms with Gasteiger partial charge in [0.2, 0.25) is 0 Å². The Kier molecular flexibility index (Phi) is 5.08. The summed E-state index contributed by atoms with van der Waals surface area (Å²) in [5.74, 6) is -2.01. The van der Waals surface area contributed by atoms with Gasteiger partial charge in [0.05, 0.1) is 11.5 Å². The van der Waals surface area contributed by atoms with E-state index in [2.05, 4.69) is 0 Å². The highest BCUT2D eigenvalue weighted by molar-refractivity contribution is 5.90. The lowest BCUT2D eigenvalue weighted by atomic mass is 9.45. The van der Waals surface area contributed by atoms with E-state index in [0.29, 0.717) is 25.7 Å². The van der Waals surface area contributed by atoms with Crippen LogP contribution in [0.3, 0.4) is 0 Å². The maximum Gasteiger partial charge on any atom is 0.195 e. The van der Waals surface area contributed by atoms with Crippen molar-refractivity contribution in [1.82, 2.24) is 0 Å². The van der Waals surface area contributed by atoms with Crippen LogP contribution in [0.2, 0.25) is 0 Å². The Hall–Kier alpha value is -0.880. The molecule has 3 aliphatic rings. The molecular formula is C21H32F2O4. The SMILES string of the molecule is CCCC[C@@]1(C)C(=O)CC[C@H]2[C@@H]3CC[C@](O)(C(=O)CF)[C@@]3(C)C[C@H](O)C21F. The Bertz CT molecular complexity index is 640. The lowest BCUT2D eigenvalue weighted by Crippen LogP contribution is -2.70. The van der Waals surface area contributed by atoms with Crippen LogP contribution >= 0.6 is 0 Å². The van der Waals surface area contributed by atoms with E-state index in [-0.39, 0.29) is 31.0 Å². The fraction of sp³-hybridized carbons (Fsp3) is 0.905. The number of aliphatic hydroxyl groups is 2. The molecule has 3 aliphatic carbocycles. The lowest BCUT2D eigenvalue weighted by Gasteiger charge is -2.61. The maximum absolute atomic E-state index is 16.7. The molecular weight excluding hydrogens is 354 g/mol. The first-order chi connectivity index (χ1) is 12.5. The van der Waals surface area contributed by atoms with Gasteiger partial charge in [0, 0.05) is 17.8 Å². The summed E-state index contributed by atoms with van der Waals surface area (Å²) in [6.45, 7) is 4.03. The zero-order chi connectivity index (χ0) is 20.3. The number of Topliss-reactive ketones (excluding diaryl/α,β-unsaturated/α-hetero) is 2. The largest absolute Gasteiger partial charge is 0.390 e. The number of carbonyl (C=O) groups excluding carboxylic acids is 2. The maximum atomic E-state index is 16.7. The first kappa shape index (κ1) is 20.8. The predicted molar refractivity (Wildman–Crippen MR) is 96.6 cm³/mol. The summed E-state index contributed by atoms with van der Waals surface area (Å²) in [7, 11) is 0. The molecule has 3 saturated carbocycles. The van der Waals surface area contributed by atoms with Crippen molar-refractivity contribution in [3.63, 3.8) is 0 Å². The number of unbranched alkanes of at least 4 members (excludes halogenated alkanes) is 1. The Labute approximate surface area is 159 Å². The van der Waals surface area contributed by atoms with E-state index in [4.69, 9.17) is 0 Å². The number of halogens is 2. The first-order valence-electron chi connectivity index (χ1n) is 10.2. The van der Waals surface area contributed by atoms with Crippen LogP contribution in [-0.4, -0.2) is 45.8 Å². The summed E-state index contributed by atoms with van der Waals surface area (Å²) in [6, 6.07) is 0. The van der Waals surface area contributed by atoms with Crippen molar-refractivity contribution in [3.05, 3.63) is 0 Å². The molecule has 0 aromatic heterocycles. The quantitative estimate of drug-likeness (QED) is 0.760. The van der Waals surface area contributed by atoms with Crippen molar-refractivity contribution in [3.8, 4) is 0 Å². The third-order valence-electron chi connectivity index (χ3n) is 8.46. The highest BCUT2D eigenvalue weighted by Gasteiger charge is 2.74. The van der Waals surface area contributed by atoms with Gasteiger partial charge in [0.25, 0.3) is 0 Å². The monoisotopic (exact) mass is 386 g/mol. The summed E-state index contributed by atoms with van der Waals surface area (Å²) in [5, 5.41) is 22.0. The Morgan fingerprint density at radius 2 is 1.93 bits per heavy atom. The number of carbonyl (C=O) groups is 2. The van der Waals surface area contributed by atoms with Crippen molar-refractivity contribution in [2.24, 2.45) is 22.7 Å². The highest BCUT2D eigenvalue weighted by Crippen LogP contribution is 2.68. The molecule has 0 spiro atoms. The van der Waals surface area contributed by atoms with Gasteiger partial charge < -0.3 is 10.2 Å². The zero-order valence-corrected chi connectivity index (χ0v) is 16.6. The first-order valence-corrected chi connectivity index (χ1v) is 10.2. The van der Waals surface area contributed by atoms with Gasteiger partial charge in [0.1, 0.15) is 11.4 Å². The summed E-state index contributed by atoms with van der Waals surface area (Å²) in [6.07, 6.45) is 1.32. The second kappa shape index (κ2) is 6.58. The van der Waals surface area contributed by atoms with E-state index in [1.807, 2.05) is 6.92 Å². The fourth-order valence-corrected chi connectivity index (χ4v) is 6.72. The molecule has 0 heterocycles. The van der Waals surface area contributed by atoms with Gasteiger partial charge in [-0.3, -0.25) is 9.59 Å². The molecule has 0 saturated heterocycles. The van der Waals surface area contributed by atoms with Crippen LogP contribution in [0.4, 0.5) is 8.78 Å². The van der Waals surface area contributed by atoms with Crippen LogP contribution in [0.25, 0.3) is 0 Å². The average Bonchev–Trinajstić information content (AvgIpc) is 2.89. The molecule has 3 fully saturated rings. The fourth-order valence-electron chi connectivity index (χ4n) is 6.72. The number of ketones is 2. The Balaban J connectivity index is 2.06. The van der Waals surface area contributed by atoms with Crippen LogP contribution < -0.4 is 0 Å². The third-order valence-corrected chi connectivity index (χ3v) is 8.46. The second-order valence-electron chi connectivity index (χ2n) is 9.47. The average molecular weight is 386 g/mol. The lowest BCUT2D eigenvalue weighted by molar-refractivity contribution is -0.231. The molecule has 2 N–H and O–H groups in total. The molecule has 0 bridgehead atoms. The molecule has 0 aromatic carbocycles. The minimum absolute atomic E-state index is 0.0792. The smallest absolute Gasteiger partial charge is 0.195 e. The number of fused-ring (bicyclic) bond motifs is 3. The van der Waals surface area contributed by atoms with E-state index >= 15 is 4.39 Å². The van der Waals surface area contributed by atoms with E-state index in [1.54, 1.807) is 13.8 Å². The van der Waals surface area contributed by atoms with Gasteiger partial charge in [-0.15, -0.1) is 0 Å². The van der Waals surface area contributed by atoms with Crippen LogP contribution in [0.1, 0.15) is 72.1 Å². The molecule has 0 amide bonds. The van der Waals surface area contributed by atoms with Crippen LogP contribution in [0, 0.1) is 22.7 Å². The third kappa shape index (κ3) is 2.44. The van der Waals surface area contributed by atoms with E-state index < -0.39 is 46.6 Å². The van der Waals surface area contributed by atoms with E-state index in [1.165, 1.54) is 0 Å². The van der Waals surface area contributed by atoms with E-state index in [0.717, 1.165) is 6.42 Å². The van der Waals surface area contributed by atoms with Gasteiger partial charge >= 0.3 is 0 Å². The van der Waals surface area contributed by atoms with E-state index in [9.17, 15) is 24.2 Å². The van der Waals surface area contributed by atoms with Crippen LogP contribution in [0.15, 0.2) is 0 Å². The van der Waals surface area contributed by atoms with Crippen LogP contribution in [-0.2, 0) is 9.59 Å². The van der Waals surface area contributed by atoms with Crippen molar-refractivity contribution >= 4 is 11.6 Å². The molecule has 0 aromatic rings. The molecule has 6 heteroatoms. The normalized spacial score (nSPS) is 49.6. The number of alkyl halides is 2. The number of aliphatic hydroxyl groups excluding tert-OH is 1. The van der Waals surface area contributed by atoms with Crippen molar-refractivity contribution in [2.45, 2.75) is 89.5 Å². The van der Waals surface area contributed by atoms with Gasteiger partial charge in [0.15, 0.2) is 18.1 Å². The molecule has 154 valence electrons. The molecule has 0 aliphatic heterocycles. The number of hydrogen-bond donors (Lipinski definition) is 2. The molecule has 4 nitrogen and oxygen atoms in total. The minimum Gasteiger partial charge on any atom is -0.390 e. The molecule has 1 unspecified atom stereocenters. The van der Waals surface area contributed by atoms with Crippen molar-refractivity contribution in [1.29, 1.82) is 0 Å². The van der Waals surface area contributed by atoms with Crippen molar-refractivity contribution in [2.75, 3.05) is 6.67 Å². The standard InChI is InChI=1S/C21H32F2O4/c1-4-5-9-18(2)15(24)7-6-14-13-8-10-20(27,17(26)12-22)19(13,3)11-16(25)21(14,18)23/h13-14,16,25,27H,4-12H2,1-3H3/t13-,14-,16-,18-,19-,20-,21?/m0/s1. The van der Waals surface area contributed by atoms with Gasteiger partial charge in [-0.1, -0.05) is 26.7 Å². The van der Waals surface area contributed by atoms with Gasteiger partial charge in [-0.25, -0.2) is 8.78 Å². The predicted octanol–water partition coefficient (Wildman–Crippen LogP) is 3.32. The van der Waals surface area contributed by atoms with Gasteiger partial charge in [-0.05, 0) is 44.9 Å². The number of rotatable bonds is 5. The van der Waals surface area contributed by atoms with Gasteiger partial charge in [-0.2, -0.15) is 0 Å². The van der Waals surface area contributed by atoms with Crippen molar-refractivity contribution < 1.29 is 28.6 Å². The van der Waals surface area contributed by atoms with Crippen LogP contribution in [0.5, 0.6) is 0 Å². The minimum atomic E-state index is -2.08. The second-order valence-corrected chi connectivity index (χ2v) is 9.47. The molecule has 0 radical (unpaired) electrons. The topological polar surface area (TPSA) is 74.6 Å². The molecule has 27 heavy (non-hydrogen) atoms. The Morgan fingerprint density at radius 1 is 1.26 bits per heavy atom. The summed E-state index contributed by atoms with van der Waals surface area (Å²) in [5.41, 5.74) is -6.30. The highest BCUT2D eigenvalue weighted by atomic mass is 19.1. The molecule has 3 rings (SSSR count). The summed E-state index contributed by atoms with van der Waals surface area (Å²) >= 11 is 0. The Morgan fingerprint density at radius 3 is 2.52 bits per heavy atom. The molecule has 7 atom stereocenters. The zero-order valence-electron chi connectivity index (χ0n) is 16.6.